The Labute approximate surface area is 199 Å². The van der Waals surface area contributed by atoms with E-state index < -0.39 is 23.3 Å². The molecule has 0 unspecified atom stereocenters. The Morgan fingerprint density at radius 2 is 1.41 bits per heavy atom. The fourth-order valence-corrected chi connectivity index (χ4v) is 4.96. The lowest BCUT2D eigenvalue weighted by atomic mass is 9.78. The van der Waals surface area contributed by atoms with Crippen LogP contribution in [0.5, 0.6) is 0 Å². The smallest absolute Gasteiger partial charge is 0.159 e. The van der Waals surface area contributed by atoms with Crippen molar-refractivity contribution in [1.82, 2.24) is 0 Å². The summed E-state index contributed by atoms with van der Waals surface area (Å²) in [6, 6.07) is 10.7. The third-order valence-electron chi connectivity index (χ3n) is 6.89. The third kappa shape index (κ3) is 5.81. The van der Waals surface area contributed by atoms with E-state index >= 15 is 0 Å². The van der Waals surface area contributed by atoms with Crippen LogP contribution < -0.4 is 0 Å². The first kappa shape index (κ1) is 24.3. The summed E-state index contributed by atoms with van der Waals surface area (Å²) in [5, 5.41) is 1.23. The Morgan fingerprint density at radius 1 is 0.735 bits per heavy atom. The number of fused-ring (bicyclic) bond motifs is 1. The first-order valence-electron chi connectivity index (χ1n) is 12.3. The Kier molecular flexibility index (Phi) is 7.93. The van der Waals surface area contributed by atoms with E-state index in [4.69, 9.17) is 0 Å². The molecule has 4 rings (SSSR count). The SMILES string of the molecule is CCCCCCc1cc(F)c(C2CCC(C#Cc3ccc4cc(F)c(F)cc4c3)CC2)c(F)c1. The van der Waals surface area contributed by atoms with Crippen LogP contribution >= 0.6 is 0 Å². The molecule has 0 amide bonds. The van der Waals surface area contributed by atoms with Crippen molar-refractivity contribution in [3.8, 4) is 11.8 Å². The highest BCUT2D eigenvalue weighted by molar-refractivity contribution is 5.84. The molecule has 1 saturated carbocycles. The Bertz CT molecular complexity index is 1190. The molecule has 0 aliphatic heterocycles. The maximum atomic E-state index is 14.8. The van der Waals surface area contributed by atoms with Crippen LogP contribution in [0.3, 0.4) is 0 Å². The molecule has 0 heterocycles. The number of hydrogen-bond acceptors (Lipinski definition) is 0. The van der Waals surface area contributed by atoms with Crippen molar-refractivity contribution < 1.29 is 17.6 Å². The van der Waals surface area contributed by atoms with Crippen LogP contribution in [0, 0.1) is 41.0 Å². The second-order valence-electron chi connectivity index (χ2n) is 9.43. The summed E-state index contributed by atoms with van der Waals surface area (Å²) < 4.78 is 56.5. The van der Waals surface area contributed by atoms with Crippen LogP contribution in [0.25, 0.3) is 10.8 Å². The van der Waals surface area contributed by atoms with Gasteiger partial charge in [0.05, 0.1) is 0 Å². The third-order valence-corrected chi connectivity index (χ3v) is 6.89. The molecule has 0 spiro atoms. The highest BCUT2D eigenvalue weighted by Gasteiger charge is 2.26. The molecule has 0 saturated heterocycles. The van der Waals surface area contributed by atoms with Crippen LogP contribution in [0.15, 0.2) is 42.5 Å². The topological polar surface area (TPSA) is 0 Å². The van der Waals surface area contributed by atoms with E-state index in [2.05, 4.69) is 18.8 Å². The zero-order valence-corrected chi connectivity index (χ0v) is 19.6. The van der Waals surface area contributed by atoms with Gasteiger partial charge in [-0.15, -0.1) is 0 Å². The van der Waals surface area contributed by atoms with E-state index in [1.54, 1.807) is 18.2 Å². The number of rotatable bonds is 6. The number of unbranched alkanes of at least 4 members (excludes halogenated alkanes) is 3. The van der Waals surface area contributed by atoms with Gasteiger partial charge in [-0.05, 0) is 97.2 Å². The van der Waals surface area contributed by atoms with E-state index in [1.165, 1.54) is 24.3 Å². The molecule has 178 valence electrons. The first-order valence-corrected chi connectivity index (χ1v) is 12.3. The van der Waals surface area contributed by atoms with E-state index in [-0.39, 0.29) is 17.4 Å². The predicted molar refractivity (Wildman–Crippen MR) is 130 cm³/mol. The Morgan fingerprint density at radius 3 is 2.09 bits per heavy atom. The minimum Gasteiger partial charge on any atom is -0.207 e. The summed E-state index contributed by atoms with van der Waals surface area (Å²) >= 11 is 0. The average molecular weight is 467 g/mol. The van der Waals surface area contributed by atoms with Gasteiger partial charge in [-0.2, -0.15) is 0 Å². The molecule has 1 aliphatic rings. The minimum absolute atomic E-state index is 0.120. The summed E-state index contributed by atoms with van der Waals surface area (Å²) in [5.41, 5.74) is 1.71. The molecule has 1 aliphatic carbocycles. The predicted octanol–water partition coefficient (Wildman–Crippen LogP) is 8.84. The van der Waals surface area contributed by atoms with Gasteiger partial charge in [-0.1, -0.05) is 44.1 Å². The van der Waals surface area contributed by atoms with Crippen LogP contribution in [0.4, 0.5) is 17.6 Å². The summed E-state index contributed by atoms with van der Waals surface area (Å²) in [6.07, 6.45) is 8.00. The van der Waals surface area contributed by atoms with Crippen LogP contribution in [0.1, 0.15) is 80.9 Å². The van der Waals surface area contributed by atoms with E-state index in [1.807, 2.05) is 0 Å². The van der Waals surface area contributed by atoms with Gasteiger partial charge >= 0.3 is 0 Å². The molecule has 0 nitrogen and oxygen atoms in total. The van der Waals surface area contributed by atoms with Gasteiger partial charge in [0.1, 0.15) is 11.6 Å². The Balaban J connectivity index is 1.38. The lowest BCUT2D eigenvalue weighted by molar-refractivity contribution is 0.366. The van der Waals surface area contributed by atoms with Gasteiger partial charge in [0.2, 0.25) is 0 Å². The van der Waals surface area contributed by atoms with Crippen molar-refractivity contribution in [1.29, 1.82) is 0 Å². The van der Waals surface area contributed by atoms with Crippen molar-refractivity contribution >= 4 is 10.8 Å². The lowest BCUT2D eigenvalue weighted by Crippen LogP contribution is -2.15. The maximum Gasteiger partial charge on any atom is 0.159 e. The molecule has 0 atom stereocenters. The van der Waals surface area contributed by atoms with Gasteiger partial charge in [0.25, 0.3) is 0 Å². The minimum atomic E-state index is -0.875. The molecule has 3 aromatic rings. The van der Waals surface area contributed by atoms with E-state index in [9.17, 15) is 17.6 Å². The molecule has 3 aromatic carbocycles. The molecule has 0 radical (unpaired) electrons. The molecule has 34 heavy (non-hydrogen) atoms. The molecule has 1 fully saturated rings. The van der Waals surface area contributed by atoms with Gasteiger partial charge < -0.3 is 0 Å². The van der Waals surface area contributed by atoms with Gasteiger partial charge in [0, 0.05) is 17.0 Å². The van der Waals surface area contributed by atoms with Gasteiger partial charge in [-0.3, -0.25) is 0 Å². The van der Waals surface area contributed by atoms with Crippen LogP contribution in [-0.4, -0.2) is 0 Å². The zero-order valence-electron chi connectivity index (χ0n) is 19.6. The standard InChI is InChI=1S/C30H30F4/c1-2-3-4-5-6-22-16-28(33)30(29(34)17-22)23-12-9-20(10-13-23)7-8-21-11-14-24-18-26(31)27(32)19-25(24)15-21/h11,14-20,23H,2-6,9-10,12-13H2,1H3. The highest BCUT2D eigenvalue weighted by atomic mass is 19.2. The molecule has 0 N–H and O–H groups in total. The second kappa shape index (κ2) is 11.1. The van der Waals surface area contributed by atoms with Gasteiger partial charge in [0.15, 0.2) is 11.6 Å². The van der Waals surface area contributed by atoms with Crippen LogP contribution in [-0.2, 0) is 6.42 Å². The average Bonchev–Trinajstić information content (AvgIpc) is 2.82. The quantitative estimate of drug-likeness (QED) is 0.193. The monoisotopic (exact) mass is 466 g/mol. The van der Waals surface area contributed by atoms with Crippen molar-refractivity contribution in [3.05, 3.63) is 82.4 Å². The Hall–Kier alpha value is -2.80. The molecule has 0 aromatic heterocycles. The molecular formula is C30H30F4. The summed E-state index contributed by atoms with van der Waals surface area (Å²) in [4.78, 5) is 0. The lowest BCUT2D eigenvalue weighted by Gasteiger charge is -2.26. The normalized spacial score (nSPS) is 18.0. The summed E-state index contributed by atoms with van der Waals surface area (Å²) in [6.45, 7) is 2.14. The van der Waals surface area contributed by atoms with Crippen molar-refractivity contribution in [2.24, 2.45) is 5.92 Å². The van der Waals surface area contributed by atoms with Crippen molar-refractivity contribution in [3.63, 3.8) is 0 Å². The summed E-state index contributed by atoms with van der Waals surface area (Å²) in [5.74, 6) is 3.87. The number of benzene rings is 3. The van der Waals surface area contributed by atoms with Crippen molar-refractivity contribution in [2.75, 3.05) is 0 Å². The fourth-order valence-electron chi connectivity index (χ4n) is 4.96. The number of hydrogen-bond donors (Lipinski definition) is 0. The van der Waals surface area contributed by atoms with E-state index in [0.29, 0.717) is 30.0 Å². The second-order valence-corrected chi connectivity index (χ2v) is 9.43. The molecule has 4 heteroatoms. The summed E-state index contributed by atoms with van der Waals surface area (Å²) in [7, 11) is 0. The van der Waals surface area contributed by atoms with Gasteiger partial charge in [-0.25, -0.2) is 17.6 Å². The molecule has 0 bridgehead atoms. The van der Waals surface area contributed by atoms with Crippen LogP contribution in [0.2, 0.25) is 0 Å². The highest BCUT2D eigenvalue weighted by Crippen LogP contribution is 2.38. The first-order chi connectivity index (χ1) is 16.4. The largest absolute Gasteiger partial charge is 0.207 e. The fraction of sp³-hybridized carbons (Fsp3) is 0.400. The number of aryl methyl sites for hydroxylation is 1. The molecular weight excluding hydrogens is 436 g/mol. The zero-order chi connectivity index (χ0) is 24.1. The maximum absolute atomic E-state index is 14.8. The number of halogens is 4. The van der Waals surface area contributed by atoms with Crippen molar-refractivity contribution in [2.45, 2.75) is 70.6 Å². The van der Waals surface area contributed by atoms with E-state index in [0.717, 1.165) is 49.7 Å².